The molecule has 29 heavy (non-hydrogen) atoms. The van der Waals surface area contributed by atoms with E-state index >= 15 is 0 Å². The molecule has 148 valence electrons. The number of Topliss-reactive ketones (excluding diaryl/α,β-unsaturated/α-hetero) is 1. The molecule has 1 fully saturated rings. The van der Waals surface area contributed by atoms with Gasteiger partial charge in [0.2, 0.25) is 0 Å². The molecule has 0 unspecified atom stereocenters. The van der Waals surface area contributed by atoms with Crippen LogP contribution in [-0.2, 0) is 4.74 Å². The number of ketones is 1. The average molecular weight is 390 g/mol. The van der Waals surface area contributed by atoms with Gasteiger partial charge in [0.15, 0.2) is 12.4 Å². The maximum Gasteiger partial charge on any atom is 0.351 e. The van der Waals surface area contributed by atoms with Crippen molar-refractivity contribution in [1.29, 1.82) is 0 Å². The van der Waals surface area contributed by atoms with Crippen LogP contribution in [0.1, 0.15) is 64.3 Å². The van der Waals surface area contributed by atoms with E-state index in [0.717, 1.165) is 0 Å². The zero-order chi connectivity index (χ0) is 20.2. The first-order chi connectivity index (χ1) is 14.1. The number of fused-ring (bicyclic) bond motifs is 1. The van der Waals surface area contributed by atoms with Crippen LogP contribution in [0.3, 0.4) is 0 Å². The summed E-state index contributed by atoms with van der Waals surface area (Å²) in [6.45, 7) is -0.423. The Balaban J connectivity index is 1.41. The van der Waals surface area contributed by atoms with Gasteiger partial charge in [0.1, 0.15) is 11.1 Å². The van der Waals surface area contributed by atoms with Crippen LogP contribution in [-0.4, -0.2) is 18.4 Å². The lowest BCUT2D eigenvalue weighted by atomic mass is 9.84. The Morgan fingerprint density at radius 1 is 0.966 bits per heavy atom. The summed E-state index contributed by atoms with van der Waals surface area (Å²) in [7, 11) is 0. The van der Waals surface area contributed by atoms with Gasteiger partial charge >= 0.3 is 11.6 Å². The van der Waals surface area contributed by atoms with Gasteiger partial charge < -0.3 is 9.15 Å². The number of carbonyl (C=O) groups excluding carboxylic acids is 2. The molecule has 1 heterocycles. The highest BCUT2D eigenvalue weighted by Gasteiger charge is 2.18. The summed E-state index contributed by atoms with van der Waals surface area (Å²) in [5.41, 5.74) is 1.14. The number of ether oxygens (including phenoxy) is 1. The predicted octanol–water partition coefficient (Wildman–Crippen LogP) is 4.88. The van der Waals surface area contributed by atoms with Gasteiger partial charge in [-0.3, -0.25) is 4.79 Å². The molecule has 0 radical (unpaired) electrons. The lowest BCUT2D eigenvalue weighted by Crippen LogP contribution is -2.20. The van der Waals surface area contributed by atoms with Crippen LogP contribution in [0.15, 0.2) is 63.8 Å². The van der Waals surface area contributed by atoms with Crippen LogP contribution in [0, 0.1) is 0 Å². The number of carbonyl (C=O) groups is 2. The molecule has 0 N–H and O–H groups in total. The normalized spacial score (nSPS) is 14.6. The third-order valence-electron chi connectivity index (χ3n) is 5.50. The molecule has 3 aromatic rings. The van der Waals surface area contributed by atoms with E-state index in [1.807, 2.05) is 12.1 Å². The summed E-state index contributed by atoms with van der Waals surface area (Å²) in [5, 5.41) is 0.615. The van der Waals surface area contributed by atoms with Crippen LogP contribution in [0.4, 0.5) is 0 Å². The standard InChI is InChI=1S/C24H22O5/c25-21(18-12-10-17(11-13-18)16-6-2-1-3-7-16)15-28-23(26)20-14-19-8-4-5-9-22(19)29-24(20)27/h4-5,8-14,16H,1-3,6-7,15H2. The molecule has 1 aliphatic rings. The Kier molecular flexibility index (Phi) is 5.56. The van der Waals surface area contributed by atoms with Gasteiger partial charge in [-0.2, -0.15) is 0 Å². The van der Waals surface area contributed by atoms with Gasteiger partial charge in [-0.1, -0.05) is 61.7 Å². The fraction of sp³-hybridized carbons (Fsp3) is 0.292. The number of hydrogen-bond acceptors (Lipinski definition) is 5. The Bertz CT molecular complexity index is 1090. The Morgan fingerprint density at radius 2 is 1.69 bits per heavy atom. The predicted molar refractivity (Wildman–Crippen MR) is 109 cm³/mol. The summed E-state index contributed by atoms with van der Waals surface area (Å²) in [5.74, 6) is -0.603. The zero-order valence-electron chi connectivity index (χ0n) is 16.1. The molecule has 5 nitrogen and oxygen atoms in total. The first-order valence-electron chi connectivity index (χ1n) is 9.95. The minimum atomic E-state index is -0.864. The summed E-state index contributed by atoms with van der Waals surface area (Å²) in [4.78, 5) is 36.7. The van der Waals surface area contributed by atoms with Crippen LogP contribution in [0.5, 0.6) is 0 Å². The van der Waals surface area contributed by atoms with Crippen molar-refractivity contribution in [1.82, 2.24) is 0 Å². The third kappa shape index (κ3) is 4.29. The van der Waals surface area contributed by atoms with Gasteiger partial charge in [0.25, 0.3) is 0 Å². The van der Waals surface area contributed by atoms with E-state index in [1.165, 1.54) is 43.7 Å². The van der Waals surface area contributed by atoms with E-state index in [0.29, 0.717) is 22.5 Å². The second-order valence-corrected chi connectivity index (χ2v) is 7.44. The van der Waals surface area contributed by atoms with Crippen LogP contribution in [0.2, 0.25) is 0 Å². The quantitative estimate of drug-likeness (QED) is 0.353. The molecule has 1 saturated carbocycles. The maximum atomic E-state index is 12.4. The number of hydrogen-bond donors (Lipinski definition) is 0. The van der Waals surface area contributed by atoms with E-state index in [1.54, 1.807) is 36.4 Å². The fourth-order valence-corrected chi connectivity index (χ4v) is 3.87. The van der Waals surface area contributed by atoms with Crippen molar-refractivity contribution in [3.8, 4) is 0 Å². The smallest absolute Gasteiger partial charge is 0.351 e. The van der Waals surface area contributed by atoms with Crippen molar-refractivity contribution < 1.29 is 18.7 Å². The van der Waals surface area contributed by atoms with Gasteiger partial charge in [-0.05, 0) is 36.5 Å². The van der Waals surface area contributed by atoms with Crippen LogP contribution in [0.25, 0.3) is 11.0 Å². The monoisotopic (exact) mass is 390 g/mol. The molecule has 2 aromatic carbocycles. The summed E-state index contributed by atoms with van der Waals surface area (Å²) >= 11 is 0. The second-order valence-electron chi connectivity index (χ2n) is 7.44. The topological polar surface area (TPSA) is 73.6 Å². The molecule has 1 aromatic heterocycles. The Labute approximate surface area is 168 Å². The first-order valence-corrected chi connectivity index (χ1v) is 9.95. The largest absolute Gasteiger partial charge is 0.453 e. The molecule has 0 atom stereocenters. The lowest BCUT2D eigenvalue weighted by Gasteiger charge is -2.22. The van der Waals surface area contributed by atoms with Crippen LogP contribution >= 0.6 is 0 Å². The van der Waals surface area contributed by atoms with E-state index in [-0.39, 0.29) is 11.3 Å². The van der Waals surface area contributed by atoms with Gasteiger partial charge in [-0.15, -0.1) is 0 Å². The van der Waals surface area contributed by atoms with Gasteiger partial charge in [0.05, 0.1) is 0 Å². The lowest BCUT2D eigenvalue weighted by molar-refractivity contribution is 0.0470. The highest BCUT2D eigenvalue weighted by Crippen LogP contribution is 2.32. The molecular formula is C24H22O5. The van der Waals surface area contributed by atoms with E-state index in [4.69, 9.17) is 9.15 Å². The highest BCUT2D eigenvalue weighted by molar-refractivity contribution is 5.99. The SMILES string of the molecule is O=C(COC(=O)c1cc2ccccc2oc1=O)c1ccc(C2CCCCC2)cc1. The minimum absolute atomic E-state index is 0.218. The molecule has 4 rings (SSSR count). The van der Waals surface area contributed by atoms with Gasteiger partial charge in [0, 0.05) is 10.9 Å². The van der Waals surface area contributed by atoms with Crippen LogP contribution < -0.4 is 5.63 Å². The zero-order valence-corrected chi connectivity index (χ0v) is 16.1. The van der Waals surface area contributed by atoms with E-state index < -0.39 is 18.2 Å². The summed E-state index contributed by atoms with van der Waals surface area (Å²) in [6, 6.07) is 15.9. The summed E-state index contributed by atoms with van der Waals surface area (Å²) in [6.07, 6.45) is 6.20. The minimum Gasteiger partial charge on any atom is -0.453 e. The number of esters is 1. The first kappa shape index (κ1) is 19.1. The van der Waals surface area contributed by atoms with Crippen molar-refractivity contribution >= 4 is 22.7 Å². The maximum absolute atomic E-state index is 12.4. The van der Waals surface area contributed by atoms with Crippen molar-refractivity contribution in [2.24, 2.45) is 0 Å². The highest BCUT2D eigenvalue weighted by atomic mass is 16.5. The second kappa shape index (κ2) is 8.43. The molecule has 0 bridgehead atoms. The molecule has 0 aliphatic heterocycles. The van der Waals surface area contributed by atoms with E-state index in [2.05, 4.69) is 0 Å². The fourth-order valence-electron chi connectivity index (χ4n) is 3.87. The average Bonchev–Trinajstić information content (AvgIpc) is 2.77. The van der Waals surface area contributed by atoms with Crippen molar-refractivity contribution in [3.63, 3.8) is 0 Å². The summed E-state index contributed by atoms with van der Waals surface area (Å²) < 4.78 is 10.2. The Hall–Kier alpha value is -3.21. The molecular weight excluding hydrogens is 368 g/mol. The number of rotatable bonds is 5. The van der Waals surface area contributed by atoms with Crippen molar-refractivity contribution in [3.05, 3.63) is 81.7 Å². The molecule has 1 aliphatic carbocycles. The number of benzene rings is 2. The molecule has 0 amide bonds. The van der Waals surface area contributed by atoms with Gasteiger partial charge in [-0.25, -0.2) is 9.59 Å². The van der Waals surface area contributed by atoms with Crippen molar-refractivity contribution in [2.75, 3.05) is 6.61 Å². The molecule has 0 spiro atoms. The Morgan fingerprint density at radius 3 is 2.45 bits per heavy atom. The third-order valence-corrected chi connectivity index (χ3v) is 5.50. The van der Waals surface area contributed by atoms with Crippen molar-refractivity contribution in [2.45, 2.75) is 38.0 Å². The molecule has 0 saturated heterocycles. The molecule has 5 heteroatoms. The number of para-hydroxylation sites is 1. The van der Waals surface area contributed by atoms with E-state index in [9.17, 15) is 14.4 Å².